The number of nitrogens with zero attached hydrogens (tertiary/aromatic N) is 1. The minimum atomic E-state index is -0.132. The minimum Gasteiger partial charge on any atom is -0.198 e. The molecule has 18 heavy (non-hydrogen) atoms. The first kappa shape index (κ1) is 12.7. The van der Waals surface area contributed by atoms with Crippen molar-refractivity contribution in [1.29, 1.82) is 5.26 Å². The van der Waals surface area contributed by atoms with E-state index in [1.807, 2.05) is 54.6 Å². The lowest BCUT2D eigenvalue weighted by Gasteiger charge is -2.18. The molecule has 90 valence electrons. The Balaban J connectivity index is 2.29. The lowest BCUT2D eigenvalue weighted by atomic mass is 9.84. The van der Waals surface area contributed by atoms with E-state index in [2.05, 4.69) is 13.0 Å². The van der Waals surface area contributed by atoms with Gasteiger partial charge in [-0.25, -0.2) is 0 Å². The van der Waals surface area contributed by atoms with Gasteiger partial charge in [0.15, 0.2) is 0 Å². The third kappa shape index (κ3) is 2.72. The number of hydrogen-bond acceptors (Lipinski definition) is 1. The summed E-state index contributed by atoms with van der Waals surface area (Å²) in [6, 6.07) is 20.0. The van der Waals surface area contributed by atoms with E-state index >= 15 is 0 Å². The molecule has 0 saturated heterocycles. The predicted molar refractivity (Wildman–Crippen MR) is 74.7 cm³/mol. The van der Waals surface area contributed by atoms with Gasteiger partial charge >= 0.3 is 0 Å². The largest absolute Gasteiger partial charge is 0.198 e. The zero-order chi connectivity index (χ0) is 13.0. The van der Waals surface area contributed by atoms with Crippen molar-refractivity contribution in [2.45, 2.75) is 18.8 Å². The molecular formula is C16H14ClN. The van der Waals surface area contributed by atoms with Crippen LogP contribution in [0.15, 0.2) is 54.6 Å². The van der Waals surface area contributed by atoms with E-state index in [0.717, 1.165) is 16.1 Å². The number of rotatable bonds is 3. The van der Waals surface area contributed by atoms with E-state index in [1.54, 1.807) is 0 Å². The van der Waals surface area contributed by atoms with Crippen molar-refractivity contribution in [2.24, 2.45) is 0 Å². The maximum atomic E-state index is 9.39. The second-order valence-electron chi connectivity index (χ2n) is 4.36. The zero-order valence-electron chi connectivity index (χ0n) is 10.2. The smallest absolute Gasteiger partial charge is 0.0778 e. The average Bonchev–Trinajstić information content (AvgIpc) is 2.41. The fourth-order valence-electron chi connectivity index (χ4n) is 2.09. The highest BCUT2D eigenvalue weighted by Crippen LogP contribution is 2.32. The van der Waals surface area contributed by atoms with Crippen LogP contribution in [0.3, 0.4) is 0 Å². The minimum absolute atomic E-state index is 0.132. The highest BCUT2D eigenvalue weighted by atomic mass is 35.5. The van der Waals surface area contributed by atoms with Crippen LogP contribution < -0.4 is 0 Å². The summed E-state index contributed by atoms with van der Waals surface area (Å²) < 4.78 is 0. The van der Waals surface area contributed by atoms with Crippen LogP contribution in [0.1, 0.15) is 29.9 Å². The second kappa shape index (κ2) is 5.71. The Morgan fingerprint density at radius 2 is 1.56 bits per heavy atom. The molecule has 2 atom stereocenters. The Morgan fingerprint density at radius 3 is 2.11 bits per heavy atom. The van der Waals surface area contributed by atoms with Crippen LogP contribution in [-0.4, -0.2) is 0 Å². The molecule has 1 nitrogen and oxygen atoms in total. The van der Waals surface area contributed by atoms with Crippen LogP contribution in [0.4, 0.5) is 0 Å². The number of halogens is 1. The topological polar surface area (TPSA) is 23.8 Å². The quantitative estimate of drug-likeness (QED) is 0.776. The Kier molecular flexibility index (Phi) is 4.02. The van der Waals surface area contributed by atoms with Gasteiger partial charge in [-0.1, -0.05) is 61.0 Å². The molecule has 0 saturated carbocycles. The summed E-state index contributed by atoms with van der Waals surface area (Å²) in [6.45, 7) is 2.07. The number of hydrogen-bond donors (Lipinski definition) is 0. The van der Waals surface area contributed by atoms with Gasteiger partial charge in [-0.05, 0) is 23.3 Å². The Bertz CT molecular complexity index is 540. The van der Waals surface area contributed by atoms with Crippen molar-refractivity contribution in [2.75, 3.05) is 0 Å². The molecule has 0 bridgehead atoms. The molecule has 2 aromatic rings. The molecule has 0 heterocycles. The van der Waals surface area contributed by atoms with Gasteiger partial charge in [-0.3, -0.25) is 0 Å². The van der Waals surface area contributed by atoms with Crippen molar-refractivity contribution in [3.63, 3.8) is 0 Å². The fraction of sp³-hybridized carbons (Fsp3) is 0.188. The average molecular weight is 256 g/mol. The summed E-state index contributed by atoms with van der Waals surface area (Å²) >= 11 is 5.88. The van der Waals surface area contributed by atoms with Crippen LogP contribution in [0.25, 0.3) is 0 Å². The van der Waals surface area contributed by atoms with E-state index < -0.39 is 0 Å². The molecule has 0 amide bonds. The van der Waals surface area contributed by atoms with Gasteiger partial charge in [0.2, 0.25) is 0 Å². The molecule has 0 spiro atoms. The van der Waals surface area contributed by atoms with Crippen molar-refractivity contribution < 1.29 is 0 Å². The first-order valence-electron chi connectivity index (χ1n) is 5.92. The van der Waals surface area contributed by atoms with Crippen molar-refractivity contribution in [3.05, 3.63) is 70.7 Å². The standard InChI is InChI=1S/C16H14ClN/c1-12(13-7-9-15(17)10-8-13)16(11-18)14-5-3-2-4-6-14/h2-10,12,16H,1H3. The van der Waals surface area contributed by atoms with Gasteiger partial charge in [0.1, 0.15) is 0 Å². The first-order chi connectivity index (χ1) is 8.72. The van der Waals surface area contributed by atoms with Gasteiger partial charge in [-0.2, -0.15) is 5.26 Å². The monoisotopic (exact) mass is 255 g/mol. The normalized spacial score (nSPS) is 13.6. The van der Waals surface area contributed by atoms with Gasteiger partial charge in [0, 0.05) is 10.9 Å². The summed E-state index contributed by atoms with van der Waals surface area (Å²) in [5, 5.41) is 10.1. The van der Waals surface area contributed by atoms with Crippen LogP contribution in [-0.2, 0) is 0 Å². The summed E-state index contributed by atoms with van der Waals surface area (Å²) in [6.07, 6.45) is 0. The molecule has 2 heteroatoms. The van der Waals surface area contributed by atoms with Gasteiger partial charge < -0.3 is 0 Å². The van der Waals surface area contributed by atoms with Crippen molar-refractivity contribution >= 4 is 11.6 Å². The summed E-state index contributed by atoms with van der Waals surface area (Å²) in [5.41, 5.74) is 2.19. The molecule has 0 N–H and O–H groups in total. The molecule has 2 unspecified atom stereocenters. The molecule has 2 aromatic carbocycles. The zero-order valence-corrected chi connectivity index (χ0v) is 10.9. The molecule has 0 aliphatic carbocycles. The van der Waals surface area contributed by atoms with E-state index in [0.29, 0.717) is 0 Å². The molecule has 0 fully saturated rings. The lowest BCUT2D eigenvalue weighted by Crippen LogP contribution is -2.06. The molecule has 0 radical (unpaired) electrons. The van der Waals surface area contributed by atoms with Crippen LogP contribution in [0, 0.1) is 11.3 Å². The van der Waals surface area contributed by atoms with Gasteiger partial charge in [0.05, 0.1) is 12.0 Å². The Labute approximate surface area is 113 Å². The summed E-state index contributed by atoms with van der Waals surface area (Å²) in [4.78, 5) is 0. The number of nitriles is 1. The van der Waals surface area contributed by atoms with Crippen LogP contribution >= 0.6 is 11.6 Å². The fourth-order valence-corrected chi connectivity index (χ4v) is 2.22. The summed E-state index contributed by atoms with van der Waals surface area (Å²) in [5.74, 6) is 0.0158. The van der Waals surface area contributed by atoms with E-state index in [-0.39, 0.29) is 11.8 Å². The summed E-state index contributed by atoms with van der Waals surface area (Å²) in [7, 11) is 0. The SMILES string of the molecule is CC(c1ccc(Cl)cc1)C(C#N)c1ccccc1. The van der Waals surface area contributed by atoms with Crippen LogP contribution in [0.5, 0.6) is 0 Å². The molecule has 0 aliphatic rings. The molecule has 0 aromatic heterocycles. The predicted octanol–water partition coefficient (Wildman–Crippen LogP) is 4.75. The Hall–Kier alpha value is -1.78. The number of benzene rings is 2. The van der Waals surface area contributed by atoms with Crippen molar-refractivity contribution in [3.8, 4) is 6.07 Å². The van der Waals surface area contributed by atoms with E-state index in [4.69, 9.17) is 11.6 Å². The van der Waals surface area contributed by atoms with Crippen molar-refractivity contribution in [1.82, 2.24) is 0 Å². The molecule has 0 aliphatic heterocycles. The van der Waals surface area contributed by atoms with E-state index in [9.17, 15) is 5.26 Å². The second-order valence-corrected chi connectivity index (χ2v) is 4.79. The molecule has 2 rings (SSSR count). The molecular weight excluding hydrogens is 242 g/mol. The third-order valence-electron chi connectivity index (χ3n) is 3.19. The maximum absolute atomic E-state index is 9.39. The Morgan fingerprint density at radius 1 is 0.944 bits per heavy atom. The highest BCUT2D eigenvalue weighted by molar-refractivity contribution is 6.30. The van der Waals surface area contributed by atoms with E-state index in [1.165, 1.54) is 0 Å². The van der Waals surface area contributed by atoms with Gasteiger partial charge in [0.25, 0.3) is 0 Å². The van der Waals surface area contributed by atoms with Crippen LogP contribution in [0.2, 0.25) is 5.02 Å². The lowest BCUT2D eigenvalue weighted by molar-refractivity contribution is 0.687. The highest BCUT2D eigenvalue weighted by Gasteiger charge is 2.20. The van der Waals surface area contributed by atoms with Gasteiger partial charge in [-0.15, -0.1) is 0 Å². The first-order valence-corrected chi connectivity index (χ1v) is 6.30. The third-order valence-corrected chi connectivity index (χ3v) is 3.45. The maximum Gasteiger partial charge on any atom is 0.0778 e.